The summed E-state index contributed by atoms with van der Waals surface area (Å²) in [6.07, 6.45) is 3.65. The summed E-state index contributed by atoms with van der Waals surface area (Å²) in [5.41, 5.74) is 0.188. The summed E-state index contributed by atoms with van der Waals surface area (Å²) in [5.74, 6) is 1.22. The first-order valence-corrected chi connectivity index (χ1v) is 6.81. The first-order valence-electron chi connectivity index (χ1n) is 5.41. The highest BCUT2D eigenvalue weighted by Gasteiger charge is 2.50. The van der Waals surface area contributed by atoms with Crippen LogP contribution in [-0.2, 0) is 4.79 Å². The summed E-state index contributed by atoms with van der Waals surface area (Å²) in [6, 6.07) is 0.119. The molecular formula is C11H21NO2S. The van der Waals surface area contributed by atoms with E-state index in [1.165, 1.54) is 0 Å². The van der Waals surface area contributed by atoms with Gasteiger partial charge in [0, 0.05) is 24.3 Å². The number of rotatable bonds is 6. The van der Waals surface area contributed by atoms with Crippen LogP contribution in [0.15, 0.2) is 0 Å². The standard InChI is InChI=1S/C11H21NO2S/c1-11(2)6-9(11)10(14)12-8(4-5-13)7-15-3/h8-9,13H,4-7H2,1-3H3,(H,12,14)/t8-,9-/m1/s1. The Morgan fingerprint density at radius 1 is 1.67 bits per heavy atom. The third-order valence-corrected chi connectivity index (χ3v) is 3.76. The van der Waals surface area contributed by atoms with Crippen molar-refractivity contribution in [1.29, 1.82) is 0 Å². The zero-order chi connectivity index (χ0) is 11.5. The summed E-state index contributed by atoms with van der Waals surface area (Å²) in [7, 11) is 0. The van der Waals surface area contributed by atoms with Gasteiger partial charge in [-0.1, -0.05) is 13.8 Å². The molecule has 2 N–H and O–H groups in total. The maximum absolute atomic E-state index is 11.8. The first kappa shape index (κ1) is 12.8. The predicted octanol–water partition coefficient (Wildman–Crippen LogP) is 1.26. The second-order valence-corrected chi connectivity index (χ2v) is 5.83. The van der Waals surface area contributed by atoms with Crippen LogP contribution in [0.1, 0.15) is 26.7 Å². The molecule has 0 radical (unpaired) electrons. The van der Waals surface area contributed by atoms with Crippen molar-refractivity contribution < 1.29 is 9.90 Å². The van der Waals surface area contributed by atoms with E-state index in [0.29, 0.717) is 6.42 Å². The van der Waals surface area contributed by atoms with Crippen molar-refractivity contribution in [2.75, 3.05) is 18.6 Å². The molecule has 1 fully saturated rings. The van der Waals surface area contributed by atoms with Gasteiger partial charge in [0.25, 0.3) is 0 Å². The van der Waals surface area contributed by atoms with Gasteiger partial charge in [-0.05, 0) is 24.5 Å². The van der Waals surface area contributed by atoms with Gasteiger partial charge < -0.3 is 10.4 Å². The zero-order valence-corrected chi connectivity index (χ0v) is 10.6. The maximum atomic E-state index is 11.8. The second kappa shape index (κ2) is 5.21. The Balaban J connectivity index is 2.34. The van der Waals surface area contributed by atoms with E-state index >= 15 is 0 Å². The van der Waals surface area contributed by atoms with Gasteiger partial charge in [-0.15, -0.1) is 0 Å². The Labute approximate surface area is 96.0 Å². The zero-order valence-electron chi connectivity index (χ0n) is 9.75. The summed E-state index contributed by atoms with van der Waals surface area (Å²) in [5, 5.41) is 11.9. The highest BCUT2D eigenvalue weighted by atomic mass is 32.2. The molecule has 0 aromatic rings. The Hall–Kier alpha value is -0.220. The quantitative estimate of drug-likeness (QED) is 0.723. The van der Waals surface area contributed by atoms with Crippen molar-refractivity contribution in [3.8, 4) is 0 Å². The molecule has 88 valence electrons. The molecule has 15 heavy (non-hydrogen) atoms. The van der Waals surface area contributed by atoms with E-state index in [1.54, 1.807) is 11.8 Å². The molecule has 3 nitrogen and oxygen atoms in total. The van der Waals surface area contributed by atoms with E-state index < -0.39 is 0 Å². The van der Waals surface area contributed by atoms with Crippen LogP contribution < -0.4 is 5.32 Å². The number of carbonyl (C=O) groups excluding carboxylic acids is 1. The van der Waals surface area contributed by atoms with Gasteiger partial charge in [-0.3, -0.25) is 4.79 Å². The van der Waals surface area contributed by atoms with Gasteiger partial charge in [0.05, 0.1) is 0 Å². The number of aliphatic hydroxyl groups excluding tert-OH is 1. The number of carbonyl (C=O) groups is 1. The lowest BCUT2D eigenvalue weighted by molar-refractivity contribution is -0.123. The minimum atomic E-state index is 0.119. The number of nitrogens with one attached hydrogen (secondary N) is 1. The van der Waals surface area contributed by atoms with E-state index in [9.17, 15) is 4.79 Å². The normalized spacial score (nSPS) is 24.7. The van der Waals surface area contributed by atoms with Crippen LogP contribution in [0, 0.1) is 11.3 Å². The molecule has 1 rings (SSSR count). The molecule has 0 unspecified atom stereocenters. The highest BCUT2D eigenvalue weighted by Crippen LogP contribution is 2.51. The van der Waals surface area contributed by atoms with E-state index in [4.69, 9.17) is 5.11 Å². The molecule has 2 atom stereocenters. The molecule has 1 aliphatic carbocycles. The third kappa shape index (κ3) is 3.68. The lowest BCUT2D eigenvalue weighted by atomic mass is 10.1. The van der Waals surface area contributed by atoms with Crippen molar-refractivity contribution >= 4 is 17.7 Å². The van der Waals surface area contributed by atoms with Crippen LogP contribution in [0.25, 0.3) is 0 Å². The number of thioether (sulfide) groups is 1. The smallest absolute Gasteiger partial charge is 0.223 e. The minimum absolute atomic E-state index is 0.119. The Bertz CT molecular complexity index is 225. The van der Waals surface area contributed by atoms with Crippen molar-refractivity contribution in [2.24, 2.45) is 11.3 Å². The topological polar surface area (TPSA) is 49.3 Å². The molecule has 0 aliphatic heterocycles. The lowest BCUT2D eigenvalue weighted by Gasteiger charge is -2.17. The van der Waals surface area contributed by atoms with Crippen molar-refractivity contribution in [3.63, 3.8) is 0 Å². The molecular weight excluding hydrogens is 210 g/mol. The van der Waals surface area contributed by atoms with Crippen LogP contribution in [-0.4, -0.2) is 35.7 Å². The van der Waals surface area contributed by atoms with E-state index in [2.05, 4.69) is 19.2 Å². The van der Waals surface area contributed by atoms with Crippen LogP contribution in [0.5, 0.6) is 0 Å². The molecule has 0 aromatic carbocycles. The van der Waals surface area contributed by atoms with E-state index in [-0.39, 0.29) is 29.9 Å². The first-order chi connectivity index (χ1) is 7.01. The van der Waals surface area contributed by atoms with Crippen LogP contribution in [0.4, 0.5) is 0 Å². The van der Waals surface area contributed by atoms with Crippen molar-refractivity contribution in [2.45, 2.75) is 32.7 Å². The average Bonchev–Trinajstić information content (AvgIpc) is 2.76. The molecule has 1 saturated carbocycles. The summed E-state index contributed by atoms with van der Waals surface area (Å²) in [6.45, 7) is 4.37. The number of hydrogen-bond donors (Lipinski definition) is 2. The Morgan fingerprint density at radius 3 is 2.67 bits per heavy atom. The van der Waals surface area contributed by atoms with Crippen LogP contribution >= 0.6 is 11.8 Å². The van der Waals surface area contributed by atoms with E-state index in [0.717, 1.165) is 12.2 Å². The minimum Gasteiger partial charge on any atom is -0.396 e. The Morgan fingerprint density at radius 2 is 2.27 bits per heavy atom. The van der Waals surface area contributed by atoms with Gasteiger partial charge in [0.1, 0.15) is 0 Å². The van der Waals surface area contributed by atoms with Crippen molar-refractivity contribution in [3.05, 3.63) is 0 Å². The number of amides is 1. The van der Waals surface area contributed by atoms with E-state index in [1.807, 2.05) is 6.26 Å². The molecule has 0 saturated heterocycles. The summed E-state index contributed by atoms with van der Waals surface area (Å²) in [4.78, 5) is 11.8. The molecule has 1 aliphatic rings. The fourth-order valence-electron chi connectivity index (χ4n) is 1.77. The SMILES string of the molecule is CSC[C@@H](CCO)NC(=O)[C@H]1CC1(C)C. The van der Waals surface area contributed by atoms with Crippen LogP contribution in [0.2, 0.25) is 0 Å². The number of aliphatic hydroxyl groups is 1. The summed E-state index contributed by atoms with van der Waals surface area (Å²) < 4.78 is 0. The van der Waals surface area contributed by atoms with Crippen molar-refractivity contribution in [1.82, 2.24) is 5.32 Å². The molecule has 0 spiro atoms. The predicted molar refractivity (Wildman–Crippen MR) is 63.9 cm³/mol. The second-order valence-electron chi connectivity index (χ2n) is 4.92. The fourth-order valence-corrected chi connectivity index (χ4v) is 2.42. The molecule has 1 amide bonds. The molecule has 4 heteroatoms. The van der Waals surface area contributed by atoms with Gasteiger partial charge in [-0.2, -0.15) is 11.8 Å². The Kier molecular flexibility index (Phi) is 4.46. The largest absolute Gasteiger partial charge is 0.396 e. The van der Waals surface area contributed by atoms with Gasteiger partial charge in [-0.25, -0.2) is 0 Å². The fraction of sp³-hybridized carbons (Fsp3) is 0.909. The van der Waals surface area contributed by atoms with Gasteiger partial charge in [0.15, 0.2) is 0 Å². The lowest BCUT2D eigenvalue weighted by Crippen LogP contribution is -2.38. The monoisotopic (exact) mass is 231 g/mol. The highest BCUT2D eigenvalue weighted by molar-refractivity contribution is 7.98. The molecule has 0 heterocycles. The third-order valence-electron chi connectivity index (χ3n) is 3.02. The van der Waals surface area contributed by atoms with Crippen LogP contribution in [0.3, 0.4) is 0 Å². The molecule has 0 aromatic heterocycles. The summed E-state index contributed by atoms with van der Waals surface area (Å²) >= 11 is 1.70. The maximum Gasteiger partial charge on any atom is 0.223 e. The average molecular weight is 231 g/mol. The molecule has 0 bridgehead atoms. The van der Waals surface area contributed by atoms with Gasteiger partial charge >= 0.3 is 0 Å². The van der Waals surface area contributed by atoms with Gasteiger partial charge in [0.2, 0.25) is 5.91 Å². The number of hydrogen-bond acceptors (Lipinski definition) is 3.